The molecule has 1 aliphatic heterocycles. The van der Waals surface area contributed by atoms with Crippen LogP contribution >= 0.6 is 0 Å². The van der Waals surface area contributed by atoms with Gasteiger partial charge in [-0.1, -0.05) is 5.16 Å². The summed E-state index contributed by atoms with van der Waals surface area (Å²) in [5, 5.41) is 6.95. The average molecular weight is 410 g/mol. The van der Waals surface area contributed by atoms with Gasteiger partial charge in [0.1, 0.15) is 17.2 Å². The van der Waals surface area contributed by atoms with Crippen molar-refractivity contribution in [2.45, 2.75) is 39.7 Å². The maximum atomic E-state index is 12.7. The Kier molecular flexibility index (Phi) is 6.01. The van der Waals surface area contributed by atoms with E-state index in [2.05, 4.69) is 35.3 Å². The number of hydrogen-bond acceptors (Lipinski definition) is 8. The van der Waals surface area contributed by atoms with Crippen molar-refractivity contribution in [1.29, 1.82) is 0 Å². The maximum Gasteiger partial charge on any atom is 0.263 e. The summed E-state index contributed by atoms with van der Waals surface area (Å²) in [5.41, 5.74) is 0.697. The van der Waals surface area contributed by atoms with Gasteiger partial charge in [0.15, 0.2) is 5.82 Å². The zero-order chi connectivity index (χ0) is 20.9. The number of anilines is 1. The number of carbonyl (C=O) groups is 1. The van der Waals surface area contributed by atoms with E-state index in [0.29, 0.717) is 36.2 Å². The molecule has 10 nitrogen and oxygen atoms in total. The van der Waals surface area contributed by atoms with Crippen molar-refractivity contribution in [2.75, 3.05) is 24.5 Å². The highest BCUT2D eigenvalue weighted by atomic mass is 16.5. The van der Waals surface area contributed by atoms with Gasteiger partial charge in [0.25, 0.3) is 5.89 Å². The van der Waals surface area contributed by atoms with Crippen LogP contribution in [-0.2, 0) is 11.3 Å². The molecule has 4 rings (SSSR count). The van der Waals surface area contributed by atoms with Gasteiger partial charge in [0.2, 0.25) is 5.91 Å². The molecule has 1 atom stereocenters. The van der Waals surface area contributed by atoms with E-state index in [4.69, 9.17) is 4.52 Å². The monoisotopic (exact) mass is 410 g/mol. The van der Waals surface area contributed by atoms with E-state index >= 15 is 0 Å². The minimum absolute atomic E-state index is 0.0838. The summed E-state index contributed by atoms with van der Waals surface area (Å²) in [6, 6.07) is 0. The lowest BCUT2D eigenvalue weighted by atomic mass is 9.96. The van der Waals surface area contributed by atoms with E-state index in [1.54, 1.807) is 25.6 Å². The molecule has 0 bridgehead atoms. The van der Waals surface area contributed by atoms with Gasteiger partial charge in [-0.05, 0) is 33.1 Å². The highest BCUT2D eigenvalue weighted by molar-refractivity contribution is 5.80. The van der Waals surface area contributed by atoms with Crippen LogP contribution in [0.1, 0.15) is 30.9 Å². The van der Waals surface area contributed by atoms with Crippen LogP contribution in [0.4, 0.5) is 5.82 Å². The van der Waals surface area contributed by atoms with Gasteiger partial charge in [0.05, 0.1) is 12.2 Å². The summed E-state index contributed by atoms with van der Waals surface area (Å²) in [5.74, 6) is 2.36. The number of aromatic nitrogens is 6. The predicted octanol–water partition coefficient (Wildman–Crippen LogP) is 1.76. The number of carbonyl (C=O) groups excluding carboxylic acids is 1. The lowest BCUT2D eigenvalue weighted by molar-refractivity contribution is -0.125. The lowest BCUT2D eigenvalue weighted by Crippen LogP contribution is -2.44. The summed E-state index contributed by atoms with van der Waals surface area (Å²) in [4.78, 5) is 32.1. The largest absolute Gasteiger partial charge is 0.356 e. The van der Waals surface area contributed by atoms with Crippen molar-refractivity contribution in [3.8, 4) is 11.5 Å². The average Bonchev–Trinajstić information content (AvgIpc) is 3.43. The fraction of sp³-hybridized carbons (Fsp3) is 0.500. The van der Waals surface area contributed by atoms with Gasteiger partial charge in [0, 0.05) is 44.8 Å². The van der Waals surface area contributed by atoms with E-state index in [9.17, 15) is 4.79 Å². The Morgan fingerprint density at radius 2 is 2.20 bits per heavy atom. The Hall–Kier alpha value is -3.30. The number of amides is 1. The molecule has 1 fully saturated rings. The molecule has 0 aliphatic carbocycles. The first kappa shape index (κ1) is 20.0. The van der Waals surface area contributed by atoms with E-state index in [1.807, 2.05) is 17.7 Å². The molecular formula is C20H26N8O2. The fourth-order valence-corrected chi connectivity index (χ4v) is 3.68. The maximum absolute atomic E-state index is 12.7. The third-order valence-corrected chi connectivity index (χ3v) is 5.19. The van der Waals surface area contributed by atoms with Crippen LogP contribution in [0.5, 0.6) is 0 Å². The molecule has 0 radical (unpaired) electrons. The van der Waals surface area contributed by atoms with Crippen molar-refractivity contribution in [3.05, 3.63) is 36.6 Å². The second-order valence-electron chi connectivity index (χ2n) is 7.53. The number of imidazole rings is 1. The molecule has 30 heavy (non-hydrogen) atoms. The Bertz CT molecular complexity index is 985. The zero-order valence-corrected chi connectivity index (χ0v) is 17.3. The summed E-state index contributed by atoms with van der Waals surface area (Å²) >= 11 is 0. The van der Waals surface area contributed by atoms with Crippen LogP contribution in [0.25, 0.3) is 11.5 Å². The molecule has 1 aliphatic rings. The molecular weight excluding hydrogens is 384 g/mol. The van der Waals surface area contributed by atoms with Crippen molar-refractivity contribution < 1.29 is 9.32 Å². The highest BCUT2D eigenvalue weighted by Crippen LogP contribution is 2.30. The van der Waals surface area contributed by atoms with E-state index in [1.165, 1.54) is 0 Å². The summed E-state index contributed by atoms with van der Waals surface area (Å²) in [6.45, 7) is 6.53. The van der Waals surface area contributed by atoms with Crippen LogP contribution in [0.3, 0.4) is 0 Å². The molecule has 0 saturated carbocycles. The molecule has 158 valence electrons. The zero-order valence-electron chi connectivity index (χ0n) is 17.3. The molecule has 0 spiro atoms. The molecule has 1 amide bonds. The SMILES string of the molecule is Cc1noc(-c2cnc(C)nc2N2CCCC(C(=O)NCCCn3ccnc3)C2)n1. The van der Waals surface area contributed by atoms with Crippen molar-refractivity contribution >= 4 is 11.7 Å². The first-order chi connectivity index (χ1) is 14.6. The Labute approximate surface area is 174 Å². The fourth-order valence-electron chi connectivity index (χ4n) is 3.68. The second-order valence-corrected chi connectivity index (χ2v) is 7.53. The van der Waals surface area contributed by atoms with Gasteiger partial charge < -0.3 is 19.3 Å². The van der Waals surface area contributed by atoms with E-state index in [-0.39, 0.29) is 11.8 Å². The summed E-state index contributed by atoms with van der Waals surface area (Å²) in [6.07, 6.45) is 9.82. The molecule has 10 heteroatoms. The standard InChI is InChI=1S/C20H26N8O2/c1-14-23-11-17(20-25-15(2)26-30-20)18(24-14)28-9-3-5-16(12-28)19(29)22-6-4-8-27-10-7-21-13-27/h7,10-11,13,16H,3-6,8-9,12H2,1-2H3,(H,22,29). The molecule has 3 aromatic heterocycles. The number of nitrogens with zero attached hydrogens (tertiary/aromatic N) is 7. The van der Waals surface area contributed by atoms with E-state index in [0.717, 1.165) is 38.2 Å². The summed E-state index contributed by atoms with van der Waals surface area (Å²) < 4.78 is 7.35. The topological polar surface area (TPSA) is 115 Å². The second kappa shape index (κ2) is 9.02. The molecule has 0 aromatic carbocycles. The van der Waals surface area contributed by atoms with Gasteiger partial charge in [-0.25, -0.2) is 15.0 Å². The lowest BCUT2D eigenvalue weighted by Gasteiger charge is -2.33. The van der Waals surface area contributed by atoms with Crippen LogP contribution in [0, 0.1) is 19.8 Å². The number of hydrogen-bond donors (Lipinski definition) is 1. The van der Waals surface area contributed by atoms with Crippen molar-refractivity contribution in [2.24, 2.45) is 5.92 Å². The Balaban J connectivity index is 1.40. The molecule has 1 saturated heterocycles. The number of nitrogens with one attached hydrogen (secondary N) is 1. The van der Waals surface area contributed by atoms with Crippen LogP contribution < -0.4 is 10.2 Å². The minimum Gasteiger partial charge on any atom is -0.356 e. The smallest absolute Gasteiger partial charge is 0.263 e. The van der Waals surface area contributed by atoms with Gasteiger partial charge in [-0.15, -0.1) is 0 Å². The number of rotatable bonds is 7. The van der Waals surface area contributed by atoms with Crippen LogP contribution in [-0.4, -0.2) is 55.2 Å². The van der Waals surface area contributed by atoms with Crippen LogP contribution in [0.2, 0.25) is 0 Å². The predicted molar refractivity (Wildman–Crippen MR) is 110 cm³/mol. The third-order valence-electron chi connectivity index (χ3n) is 5.19. The van der Waals surface area contributed by atoms with Crippen molar-refractivity contribution in [1.82, 2.24) is 35.0 Å². The summed E-state index contributed by atoms with van der Waals surface area (Å²) in [7, 11) is 0. The molecule has 1 unspecified atom stereocenters. The van der Waals surface area contributed by atoms with Crippen LogP contribution in [0.15, 0.2) is 29.4 Å². The van der Waals surface area contributed by atoms with Gasteiger partial charge in [-0.3, -0.25) is 4.79 Å². The molecule has 3 aromatic rings. The first-order valence-electron chi connectivity index (χ1n) is 10.2. The van der Waals surface area contributed by atoms with Crippen molar-refractivity contribution in [3.63, 3.8) is 0 Å². The van der Waals surface area contributed by atoms with Gasteiger partial charge >= 0.3 is 0 Å². The van der Waals surface area contributed by atoms with E-state index < -0.39 is 0 Å². The third kappa shape index (κ3) is 4.64. The molecule has 4 heterocycles. The normalized spacial score (nSPS) is 16.6. The number of aryl methyl sites for hydroxylation is 3. The Morgan fingerprint density at radius 3 is 2.97 bits per heavy atom. The molecule has 1 N–H and O–H groups in total. The Morgan fingerprint density at radius 1 is 1.30 bits per heavy atom. The first-order valence-corrected chi connectivity index (χ1v) is 10.2. The van der Waals surface area contributed by atoms with Gasteiger partial charge in [-0.2, -0.15) is 4.98 Å². The number of piperidine rings is 1. The highest BCUT2D eigenvalue weighted by Gasteiger charge is 2.29. The quantitative estimate of drug-likeness (QED) is 0.586. The minimum atomic E-state index is -0.0838.